The number of carbonyl (C=O) groups excluding carboxylic acids is 1. The summed E-state index contributed by atoms with van der Waals surface area (Å²) in [5, 5.41) is 18.2. The maximum absolute atomic E-state index is 12.6. The van der Waals surface area contributed by atoms with Crippen molar-refractivity contribution in [1.29, 1.82) is 0 Å². The number of carbonyl (C=O) groups is 2. The highest BCUT2D eigenvalue weighted by molar-refractivity contribution is 7.22. The van der Waals surface area contributed by atoms with E-state index >= 15 is 0 Å². The molecule has 0 unspecified atom stereocenters. The van der Waals surface area contributed by atoms with Crippen LogP contribution in [-0.2, 0) is 0 Å². The maximum atomic E-state index is 12.6. The van der Waals surface area contributed by atoms with Crippen molar-refractivity contribution in [1.82, 2.24) is 4.98 Å². The molecular weight excluding hydrogens is 476 g/mol. The van der Waals surface area contributed by atoms with Gasteiger partial charge in [-0.05, 0) is 61.2 Å². The number of hydrogen-bond donors (Lipinski definition) is 3. The van der Waals surface area contributed by atoms with Crippen LogP contribution in [-0.4, -0.2) is 33.7 Å². The average molecular weight is 505 g/mol. The molecule has 0 amide bonds. The number of thiazole rings is 1. The number of rotatable bonds is 7. The molecule has 0 atom stereocenters. The lowest BCUT2D eigenvalue weighted by atomic mass is 9.94. The molecule has 1 saturated carbocycles. The van der Waals surface area contributed by atoms with Gasteiger partial charge in [0.2, 0.25) is 0 Å². The Hall–Kier alpha value is -3.91. The van der Waals surface area contributed by atoms with Crippen LogP contribution >= 0.6 is 11.3 Å². The predicted octanol–water partition coefficient (Wildman–Crippen LogP) is 7.70. The monoisotopic (exact) mass is 504 g/mol. The molecule has 0 radical (unpaired) electrons. The Morgan fingerprint density at radius 2 is 1.58 bits per heavy atom. The van der Waals surface area contributed by atoms with Gasteiger partial charge in [-0.15, -0.1) is 0 Å². The summed E-state index contributed by atoms with van der Waals surface area (Å²) in [5.41, 5.74) is 5.03. The molecule has 0 bridgehead atoms. The summed E-state index contributed by atoms with van der Waals surface area (Å²) in [7, 11) is 0. The maximum Gasteiger partial charge on any atom is 0.503 e. The standard InChI is InChI=1S/C27H26N2O2S.CH2O3/c1-2-31-23-15-16-24-25(17-23)32-27(29-24)28-22-13-11-19(12-14-22)18-7-9-21(10-8-18)26(30)20-5-3-4-6-20;2-1(3)4/h7-17,20H,2-6H2,1H3,(H,28,29);(H2,2,3,4). The molecule has 7 nitrogen and oxygen atoms in total. The fourth-order valence-electron chi connectivity index (χ4n) is 4.33. The fourth-order valence-corrected chi connectivity index (χ4v) is 5.25. The highest BCUT2D eigenvalue weighted by Crippen LogP contribution is 2.32. The first-order valence-electron chi connectivity index (χ1n) is 11.9. The number of ketones is 1. The second-order valence-electron chi connectivity index (χ2n) is 8.49. The van der Waals surface area contributed by atoms with Crippen LogP contribution < -0.4 is 10.1 Å². The minimum Gasteiger partial charge on any atom is -0.494 e. The molecule has 1 heterocycles. The van der Waals surface area contributed by atoms with Crippen molar-refractivity contribution in [2.75, 3.05) is 11.9 Å². The molecule has 0 saturated heterocycles. The van der Waals surface area contributed by atoms with E-state index in [0.29, 0.717) is 12.4 Å². The largest absolute Gasteiger partial charge is 0.503 e. The van der Waals surface area contributed by atoms with Crippen LogP contribution in [0.5, 0.6) is 5.75 Å². The van der Waals surface area contributed by atoms with E-state index < -0.39 is 6.16 Å². The summed E-state index contributed by atoms with van der Waals surface area (Å²) in [6, 6.07) is 22.3. The number of nitrogens with zero attached hydrogens (tertiary/aromatic N) is 1. The van der Waals surface area contributed by atoms with Crippen molar-refractivity contribution in [3.63, 3.8) is 0 Å². The van der Waals surface area contributed by atoms with Crippen molar-refractivity contribution in [2.24, 2.45) is 5.92 Å². The van der Waals surface area contributed by atoms with Crippen LogP contribution in [0.25, 0.3) is 21.3 Å². The van der Waals surface area contributed by atoms with Crippen molar-refractivity contribution >= 4 is 44.3 Å². The molecule has 1 aliphatic carbocycles. The number of ether oxygens (including phenoxy) is 1. The summed E-state index contributed by atoms with van der Waals surface area (Å²) in [6.45, 7) is 2.64. The predicted molar refractivity (Wildman–Crippen MR) is 143 cm³/mol. The van der Waals surface area contributed by atoms with Crippen LogP contribution in [0.15, 0.2) is 66.7 Å². The number of Topliss-reactive ketones (excluding diaryl/α,β-unsaturated/α-hetero) is 1. The molecule has 8 heteroatoms. The van der Waals surface area contributed by atoms with Crippen molar-refractivity contribution < 1.29 is 24.5 Å². The molecule has 36 heavy (non-hydrogen) atoms. The summed E-state index contributed by atoms with van der Waals surface area (Å²) in [5.74, 6) is 1.40. The Bertz CT molecular complexity index is 1320. The van der Waals surface area contributed by atoms with Gasteiger partial charge in [-0.25, -0.2) is 9.78 Å². The SMILES string of the molecule is CCOc1ccc2nc(Nc3ccc(-c4ccc(C(=O)C5CCCC5)cc4)cc3)sc2c1.O=C(O)O. The summed E-state index contributed by atoms with van der Waals surface area (Å²) < 4.78 is 6.68. The quantitative estimate of drug-likeness (QED) is 0.221. The van der Waals surface area contributed by atoms with Gasteiger partial charge in [0, 0.05) is 17.2 Å². The third kappa shape index (κ3) is 6.40. The van der Waals surface area contributed by atoms with Gasteiger partial charge in [0.15, 0.2) is 10.9 Å². The van der Waals surface area contributed by atoms with Gasteiger partial charge in [-0.1, -0.05) is 60.6 Å². The number of fused-ring (bicyclic) bond motifs is 1. The lowest BCUT2D eigenvalue weighted by Crippen LogP contribution is -2.10. The van der Waals surface area contributed by atoms with Gasteiger partial charge in [0.25, 0.3) is 0 Å². The molecule has 3 N–H and O–H groups in total. The number of benzene rings is 3. The van der Waals surface area contributed by atoms with E-state index in [1.54, 1.807) is 11.3 Å². The topological polar surface area (TPSA) is 109 Å². The number of carboxylic acid groups (broad SMARTS) is 2. The Kier molecular flexibility index (Phi) is 8.17. The summed E-state index contributed by atoms with van der Waals surface area (Å²) in [4.78, 5) is 25.8. The number of anilines is 2. The first kappa shape index (κ1) is 25.2. The second-order valence-corrected chi connectivity index (χ2v) is 9.52. The van der Waals surface area contributed by atoms with Crippen LogP contribution in [0.3, 0.4) is 0 Å². The van der Waals surface area contributed by atoms with Crippen molar-refractivity contribution in [3.05, 3.63) is 72.3 Å². The molecule has 1 fully saturated rings. The third-order valence-electron chi connectivity index (χ3n) is 6.04. The minimum atomic E-state index is -1.83. The van der Waals surface area contributed by atoms with Gasteiger partial charge in [0.1, 0.15) is 5.75 Å². The molecule has 1 aliphatic rings. The zero-order valence-corrected chi connectivity index (χ0v) is 20.8. The van der Waals surface area contributed by atoms with Crippen LogP contribution in [0.1, 0.15) is 43.0 Å². The normalized spacial score (nSPS) is 13.1. The van der Waals surface area contributed by atoms with Gasteiger partial charge < -0.3 is 20.3 Å². The molecule has 1 aromatic heterocycles. The Labute approximate surface area is 213 Å². The van der Waals surface area contributed by atoms with E-state index in [2.05, 4.69) is 34.6 Å². The van der Waals surface area contributed by atoms with E-state index in [9.17, 15) is 4.79 Å². The Morgan fingerprint density at radius 1 is 0.972 bits per heavy atom. The van der Waals surface area contributed by atoms with E-state index in [0.717, 1.165) is 56.3 Å². The third-order valence-corrected chi connectivity index (χ3v) is 6.97. The summed E-state index contributed by atoms with van der Waals surface area (Å²) >= 11 is 1.61. The average Bonchev–Trinajstić information content (AvgIpc) is 3.54. The van der Waals surface area contributed by atoms with Crippen molar-refractivity contribution in [3.8, 4) is 16.9 Å². The minimum absolute atomic E-state index is 0.222. The zero-order chi connectivity index (χ0) is 25.5. The first-order chi connectivity index (χ1) is 17.4. The fraction of sp³-hybridized carbons (Fsp3) is 0.250. The molecule has 0 aliphatic heterocycles. The summed E-state index contributed by atoms with van der Waals surface area (Å²) in [6.07, 6.45) is 2.61. The molecule has 4 aromatic rings. The smallest absolute Gasteiger partial charge is 0.494 e. The molecule has 0 spiro atoms. The van der Waals surface area contributed by atoms with E-state index in [1.165, 1.54) is 12.8 Å². The van der Waals surface area contributed by atoms with Gasteiger partial charge in [0.05, 0.1) is 16.8 Å². The molecule has 5 rings (SSSR count). The van der Waals surface area contributed by atoms with Crippen LogP contribution in [0.2, 0.25) is 0 Å². The molecular formula is C28H28N2O5S. The van der Waals surface area contributed by atoms with Gasteiger partial charge in [-0.2, -0.15) is 0 Å². The zero-order valence-electron chi connectivity index (χ0n) is 19.9. The highest BCUT2D eigenvalue weighted by atomic mass is 32.1. The van der Waals surface area contributed by atoms with Gasteiger partial charge >= 0.3 is 6.16 Å². The van der Waals surface area contributed by atoms with E-state index in [4.69, 9.17) is 19.7 Å². The highest BCUT2D eigenvalue weighted by Gasteiger charge is 2.23. The van der Waals surface area contributed by atoms with E-state index in [1.807, 2.05) is 49.4 Å². The molecule has 3 aromatic carbocycles. The van der Waals surface area contributed by atoms with Crippen LogP contribution in [0, 0.1) is 5.92 Å². The molecule has 186 valence electrons. The van der Waals surface area contributed by atoms with E-state index in [-0.39, 0.29) is 5.92 Å². The Morgan fingerprint density at radius 3 is 2.19 bits per heavy atom. The lowest BCUT2D eigenvalue weighted by molar-refractivity contribution is 0.0922. The Balaban J connectivity index is 0.000000709. The van der Waals surface area contributed by atoms with Gasteiger partial charge in [-0.3, -0.25) is 4.79 Å². The van der Waals surface area contributed by atoms with Crippen LogP contribution in [0.4, 0.5) is 15.6 Å². The van der Waals surface area contributed by atoms with Crippen molar-refractivity contribution in [2.45, 2.75) is 32.6 Å². The lowest BCUT2D eigenvalue weighted by Gasteiger charge is -2.09. The number of nitrogens with one attached hydrogen (secondary N) is 1. The first-order valence-corrected chi connectivity index (χ1v) is 12.7. The number of hydrogen-bond acceptors (Lipinski definition) is 6. The second kappa shape index (κ2) is 11.7. The number of aromatic nitrogens is 1.